The molecule has 0 saturated heterocycles. The van der Waals surface area contributed by atoms with Crippen LogP contribution in [0.5, 0.6) is 0 Å². The molecule has 0 aliphatic heterocycles. The van der Waals surface area contributed by atoms with E-state index in [1.54, 1.807) is 4.90 Å². The van der Waals surface area contributed by atoms with Gasteiger partial charge in [0.15, 0.2) is 0 Å². The van der Waals surface area contributed by atoms with Gasteiger partial charge in [-0.05, 0) is 28.5 Å². The molecule has 3 aromatic rings. The number of fused-ring (bicyclic) bond motifs is 1. The van der Waals surface area contributed by atoms with Gasteiger partial charge in [-0.3, -0.25) is 4.79 Å². The van der Waals surface area contributed by atoms with Gasteiger partial charge in [0.2, 0.25) is 5.91 Å². The first kappa shape index (κ1) is 16.1. The summed E-state index contributed by atoms with van der Waals surface area (Å²) in [5, 5.41) is 2.40. The number of carbonyl (C=O) groups is 1. The Hall–Kier alpha value is -2.81. The quantitative estimate of drug-likeness (QED) is 0.711. The molecule has 0 unspecified atom stereocenters. The topological polar surface area (TPSA) is 23.6 Å². The van der Waals surface area contributed by atoms with Crippen LogP contribution in [0.25, 0.3) is 10.8 Å². The summed E-state index contributed by atoms with van der Waals surface area (Å²) in [7, 11) is 3.81. The molecule has 0 aliphatic carbocycles. The molecule has 3 heteroatoms. The molecule has 0 N–H and O–H groups in total. The van der Waals surface area contributed by atoms with Gasteiger partial charge in [-0.15, -0.1) is 0 Å². The Morgan fingerprint density at radius 3 is 2.25 bits per heavy atom. The Labute approximate surface area is 143 Å². The molecule has 0 bridgehead atoms. The van der Waals surface area contributed by atoms with Crippen LogP contribution in [0, 0.1) is 0 Å². The highest BCUT2D eigenvalue weighted by molar-refractivity contribution is 5.87. The van der Waals surface area contributed by atoms with Crippen LogP contribution in [0.4, 0.5) is 5.69 Å². The SMILES string of the molecule is CN(Cc1ccccc1)C(=O)CN(C)c1ccc2ccccc2c1. The van der Waals surface area contributed by atoms with Crippen molar-refractivity contribution in [3.05, 3.63) is 78.4 Å². The van der Waals surface area contributed by atoms with Crippen LogP contribution in [0.1, 0.15) is 5.56 Å². The van der Waals surface area contributed by atoms with Gasteiger partial charge in [-0.25, -0.2) is 0 Å². The molecule has 0 radical (unpaired) electrons. The molecule has 0 fully saturated rings. The van der Waals surface area contributed by atoms with E-state index in [4.69, 9.17) is 0 Å². The van der Waals surface area contributed by atoms with Crippen LogP contribution >= 0.6 is 0 Å². The average Bonchev–Trinajstić information content (AvgIpc) is 2.62. The van der Waals surface area contributed by atoms with E-state index in [1.165, 1.54) is 10.8 Å². The largest absolute Gasteiger partial charge is 0.365 e. The first-order valence-corrected chi connectivity index (χ1v) is 8.11. The molecule has 0 aromatic heterocycles. The Balaban J connectivity index is 1.66. The molecule has 0 heterocycles. The van der Waals surface area contributed by atoms with Crippen LogP contribution in [0.2, 0.25) is 0 Å². The van der Waals surface area contributed by atoms with Crippen molar-refractivity contribution in [1.82, 2.24) is 4.90 Å². The first-order chi connectivity index (χ1) is 11.6. The Kier molecular flexibility index (Phi) is 4.80. The second kappa shape index (κ2) is 7.18. The number of anilines is 1. The standard InChI is InChI=1S/C21H22N2O/c1-22(20-13-12-18-10-6-7-11-19(18)14-20)16-21(24)23(2)15-17-8-4-3-5-9-17/h3-14H,15-16H2,1-2H3. The van der Waals surface area contributed by atoms with Crippen LogP contribution in [-0.2, 0) is 11.3 Å². The van der Waals surface area contributed by atoms with Gasteiger partial charge in [0.05, 0.1) is 6.54 Å². The monoisotopic (exact) mass is 318 g/mol. The predicted octanol–water partition coefficient (Wildman–Crippen LogP) is 3.93. The molecule has 0 aliphatic rings. The number of amides is 1. The van der Waals surface area contributed by atoms with E-state index in [1.807, 2.05) is 61.5 Å². The van der Waals surface area contributed by atoms with E-state index in [2.05, 4.69) is 30.3 Å². The summed E-state index contributed by atoms with van der Waals surface area (Å²) >= 11 is 0. The number of likely N-dealkylation sites (N-methyl/N-ethyl adjacent to an activating group) is 2. The number of hydrogen-bond acceptors (Lipinski definition) is 2. The second-order valence-corrected chi connectivity index (χ2v) is 6.12. The second-order valence-electron chi connectivity index (χ2n) is 6.12. The molecule has 122 valence electrons. The molecule has 3 nitrogen and oxygen atoms in total. The number of nitrogens with zero attached hydrogens (tertiary/aromatic N) is 2. The summed E-state index contributed by atoms with van der Waals surface area (Å²) in [6.07, 6.45) is 0. The third-order valence-corrected chi connectivity index (χ3v) is 4.23. The molecule has 24 heavy (non-hydrogen) atoms. The summed E-state index contributed by atoms with van der Waals surface area (Å²) in [5.41, 5.74) is 2.19. The maximum absolute atomic E-state index is 12.5. The average molecular weight is 318 g/mol. The smallest absolute Gasteiger partial charge is 0.242 e. The molecule has 0 saturated carbocycles. The summed E-state index contributed by atoms with van der Waals surface area (Å²) < 4.78 is 0. The molecule has 0 atom stereocenters. The van der Waals surface area contributed by atoms with Crippen LogP contribution in [0.15, 0.2) is 72.8 Å². The van der Waals surface area contributed by atoms with E-state index >= 15 is 0 Å². The Morgan fingerprint density at radius 1 is 0.833 bits per heavy atom. The highest BCUT2D eigenvalue weighted by Gasteiger charge is 2.13. The lowest BCUT2D eigenvalue weighted by Gasteiger charge is -2.23. The van der Waals surface area contributed by atoms with Crippen LogP contribution in [-0.4, -0.2) is 31.4 Å². The van der Waals surface area contributed by atoms with Gasteiger partial charge >= 0.3 is 0 Å². The molecule has 0 spiro atoms. The fourth-order valence-corrected chi connectivity index (χ4v) is 2.77. The van der Waals surface area contributed by atoms with Crippen LogP contribution < -0.4 is 4.90 Å². The predicted molar refractivity (Wildman–Crippen MR) is 100 cm³/mol. The molecule has 3 rings (SSSR count). The minimum absolute atomic E-state index is 0.106. The van der Waals surface area contributed by atoms with Gasteiger partial charge in [0.1, 0.15) is 0 Å². The van der Waals surface area contributed by atoms with Crippen molar-refractivity contribution in [2.45, 2.75) is 6.54 Å². The lowest BCUT2D eigenvalue weighted by molar-refractivity contribution is -0.128. The highest BCUT2D eigenvalue weighted by atomic mass is 16.2. The van der Waals surface area contributed by atoms with Crippen LogP contribution in [0.3, 0.4) is 0 Å². The maximum atomic E-state index is 12.5. The maximum Gasteiger partial charge on any atom is 0.242 e. The lowest BCUT2D eigenvalue weighted by Crippen LogP contribution is -2.36. The van der Waals surface area contributed by atoms with Crippen molar-refractivity contribution in [3.8, 4) is 0 Å². The fourth-order valence-electron chi connectivity index (χ4n) is 2.77. The fraction of sp³-hybridized carbons (Fsp3) is 0.190. The van der Waals surface area contributed by atoms with Crippen molar-refractivity contribution in [1.29, 1.82) is 0 Å². The molecular weight excluding hydrogens is 296 g/mol. The van der Waals surface area contributed by atoms with E-state index in [-0.39, 0.29) is 5.91 Å². The van der Waals surface area contributed by atoms with Crippen molar-refractivity contribution >= 4 is 22.4 Å². The minimum Gasteiger partial charge on any atom is -0.365 e. The Bertz CT molecular complexity index is 829. The zero-order valence-corrected chi connectivity index (χ0v) is 14.1. The van der Waals surface area contributed by atoms with E-state index < -0.39 is 0 Å². The summed E-state index contributed by atoms with van der Waals surface area (Å²) in [6, 6.07) is 24.6. The summed E-state index contributed by atoms with van der Waals surface area (Å²) in [6.45, 7) is 0.993. The third-order valence-electron chi connectivity index (χ3n) is 4.23. The molecule has 3 aromatic carbocycles. The van der Waals surface area contributed by atoms with Gasteiger partial charge in [0, 0.05) is 26.3 Å². The zero-order valence-electron chi connectivity index (χ0n) is 14.1. The normalized spacial score (nSPS) is 10.6. The van der Waals surface area contributed by atoms with E-state index in [0.717, 1.165) is 11.3 Å². The Morgan fingerprint density at radius 2 is 1.50 bits per heavy atom. The van der Waals surface area contributed by atoms with Gasteiger partial charge in [-0.2, -0.15) is 0 Å². The number of carbonyl (C=O) groups excluding carboxylic acids is 1. The van der Waals surface area contributed by atoms with Gasteiger partial charge in [0.25, 0.3) is 0 Å². The van der Waals surface area contributed by atoms with E-state index in [9.17, 15) is 4.79 Å². The first-order valence-electron chi connectivity index (χ1n) is 8.11. The summed E-state index contributed by atoms with van der Waals surface area (Å²) in [4.78, 5) is 16.2. The molecule has 1 amide bonds. The number of benzene rings is 3. The summed E-state index contributed by atoms with van der Waals surface area (Å²) in [5.74, 6) is 0.106. The van der Waals surface area contributed by atoms with Crippen molar-refractivity contribution < 1.29 is 4.79 Å². The zero-order chi connectivity index (χ0) is 16.9. The van der Waals surface area contributed by atoms with Crippen molar-refractivity contribution in [2.75, 3.05) is 25.5 Å². The van der Waals surface area contributed by atoms with Crippen molar-refractivity contribution in [2.24, 2.45) is 0 Å². The number of hydrogen-bond donors (Lipinski definition) is 0. The minimum atomic E-state index is 0.106. The van der Waals surface area contributed by atoms with E-state index in [0.29, 0.717) is 13.1 Å². The third kappa shape index (κ3) is 3.74. The van der Waals surface area contributed by atoms with Gasteiger partial charge < -0.3 is 9.80 Å². The highest BCUT2D eigenvalue weighted by Crippen LogP contribution is 2.21. The molecular formula is C21H22N2O. The van der Waals surface area contributed by atoms with Gasteiger partial charge in [-0.1, -0.05) is 60.7 Å². The number of rotatable bonds is 5. The lowest BCUT2D eigenvalue weighted by atomic mass is 10.1. The van der Waals surface area contributed by atoms with Crippen molar-refractivity contribution in [3.63, 3.8) is 0 Å².